The van der Waals surface area contributed by atoms with Gasteiger partial charge in [-0.1, -0.05) is 18.1 Å². The molecule has 1 saturated carbocycles. The molecule has 9 heteroatoms. The Kier molecular flexibility index (Phi) is 4.30. The van der Waals surface area contributed by atoms with E-state index < -0.39 is 5.54 Å². The minimum Gasteiger partial charge on any atom is -0.337 e. The number of nitrogens with zero attached hydrogens (tertiary/aromatic N) is 6. The van der Waals surface area contributed by atoms with Crippen molar-refractivity contribution in [1.29, 1.82) is 0 Å². The van der Waals surface area contributed by atoms with E-state index >= 15 is 0 Å². The zero-order valence-electron chi connectivity index (χ0n) is 18.8. The van der Waals surface area contributed by atoms with Crippen molar-refractivity contribution in [2.45, 2.75) is 51.6 Å². The van der Waals surface area contributed by atoms with Gasteiger partial charge in [0.15, 0.2) is 11.6 Å². The molecule has 0 radical (unpaired) electrons. The second-order valence-electron chi connectivity index (χ2n) is 9.37. The molecule has 9 nitrogen and oxygen atoms in total. The highest BCUT2D eigenvalue weighted by Crippen LogP contribution is 2.55. The van der Waals surface area contributed by atoms with Crippen LogP contribution < -0.4 is 5.32 Å². The third-order valence-corrected chi connectivity index (χ3v) is 6.91. The second kappa shape index (κ2) is 7.13. The van der Waals surface area contributed by atoms with Gasteiger partial charge in [-0.2, -0.15) is 4.98 Å². The van der Waals surface area contributed by atoms with Gasteiger partial charge in [0.1, 0.15) is 5.54 Å². The van der Waals surface area contributed by atoms with Gasteiger partial charge in [0.05, 0.1) is 11.7 Å². The van der Waals surface area contributed by atoms with Gasteiger partial charge < -0.3 is 14.7 Å². The zero-order valence-corrected chi connectivity index (χ0v) is 18.8. The Morgan fingerprint density at radius 2 is 2.12 bits per heavy atom. The number of hydrogen-bond acceptors (Lipinski definition) is 6. The van der Waals surface area contributed by atoms with Gasteiger partial charge in [0.2, 0.25) is 0 Å². The molecular formula is C24H25N7O2. The van der Waals surface area contributed by atoms with Crippen LogP contribution in [0.1, 0.15) is 43.5 Å². The number of rotatable bonds is 3. The molecule has 168 valence electrons. The number of aryl methyl sites for hydroxylation is 2. The lowest BCUT2D eigenvalue weighted by molar-refractivity contribution is -0.111. The smallest absolute Gasteiger partial charge is 0.323 e. The molecule has 2 bridgehead atoms. The molecular weight excluding hydrogens is 418 g/mol. The number of carbonyl (C=O) groups excluding carboxylic acids is 1. The summed E-state index contributed by atoms with van der Waals surface area (Å²) in [5.41, 5.74) is 3.02. The van der Waals surface area contributed by atoms with Gasteiger partial charge in [-0.15, -0.1) is 5.10 Å². The molecule has 3 aromatic heterocycles. The lowest BCUT2D eigenvalue weighted by atomic mass is 9.64. The number of benzene rings is 1. The highest BCUT2D eigenvalue weighted by molar-refractivity contribution is 5.92. The topological polar surface area (TPSA) is 101 Å². The molecule has 4 heterocycles. The number of piperidine rings is 1. The molecule has 2 aliphatic rings. The minimum absolute atomic E-state index is 0.148. The lowest BCUT2D eigenvalue weighted by Crippen LogP contribution is -2.70. The first-order chi connectivity index (χ1) is 15.9. The third kappa shape index (κ3) is 3.10. The van der Waals surface area contributed by atoms with Crippen molar-refractivity contribution in [3.8, 4) is 11.4 Å². The van der Waals surface area contributed by atoms with E-state index in [-0.39, 0.29) is 12.1 Å². The van der Waals surface area contributed by atoms with Crippen LogP contribution in [0.5, 0.6) is 0 Å². The average Bonchev–Trinajstić information content (AvgIpc) is 3.43. The molecule has 0 spiro atoms. The first kappa shape index (κ1) is 19.9. The van der Waals surface area contributed by atoms with Crippen molar-refractivity contribution in [3.05, 3.63) is 60.0 Å². The number of carbonyl (C=O) groups is 1. The highest BCUT2D eigenvalue weighted by atomic mass is 16.5. The number of hydrogen-bond donors (Lipinski definition) is 1. The van der Waals surface area contributed by atoms with Crippen molar-refractivity contribution in [1.82, 2.24) is 29.6 Å². The van der Waals surface area contributed by atoms with Gasteiger partial charge in [-0.05, 0) is 62.4 Å². The molecule has 1 aromatic carbocycles. The number of aromatic nitrogens is 5. The molecule has 6 rings (SSSR count). The standard InChI is InChI=1S/C24H25N7O2/c1-14-9-19-12-24(11-14,22-26-16(3)29-33-22)31(19)23(32)27-17-7-6-15(2)20(10-17)21-25-13-18-5-4-8-30(18)28-21/h4-8,10,13-14,19H,9,11-12H2,1-3H3,(H,27,32). The number of anilines is 1. The second-order valence-corrected chi connectivity index (χ2v) is 9.37. The fourth-order valence-electron chi connectivity index (χ4n) is 5.52. The molecule has 1 saturated heterocycles. The molecule has 1 aliphatic carbocycles. The van der Waals surface area contributed by atoms with E-state index in [0.29, 0.717) is 29.1 Å². The Morgan fingerprint density at radius 3 is 2.94 bits per heavy atom. The summed E-state index contributed by atoms with van der Waals surface area (Å²) in [4.78, 5) is 24.4. The average molecular weight is 444 g/mol. The van der Waals surface area contributed by atoms with E-state index in [2.05, 4.69) is 32.5 Å². The normalized spacial score (nSPS) is 24.0. The van der Waals surface area contributed by atoms with E-state index in [0.717, 1.165) is 35.9 Å². The molecule has 3 unspecified atom stereocenters. The first-order valence-electron chi connectivity index (χ1n) is 11.3. The number of likely N-dealkylation sites (tertiary alicyclic amines) is 1. The molecule has 2 fully saturated rings. The summed E-state index contributed by atoms with van der Waals surface area (Å²) in [6.45, 7) is 6.03. The summed E-state index contributed by atoms with van der Waals surface area (Å²) in [6, 6.07) is 9.73. The van der Waals surface area contributed by atoms with Crippen LogP contribution in [-0.2, 0) is 5.54 Å². The predicted molar refractivity (Wildman–Crippen MR) is 122 cm³/mol. The molecule has 4 aromatic rings. The summed E-state index contributed by atoms with van der Waals surface area (Å²) in [5.74, 6) is 2.23. The zero-order chi connectivity index (χ0) is 22.7. The quantitative estimate of drug-likeness (QED) is 0.506. The molecule has 33 heavy (non-hydrogen) atoms. The predicted octanol–water partition coefficient (Wildman–Crippen LogP) is 4.33. The first-order valence-corrected chi connectivity index (χ1v) is 11.3. The monoisotopic (exact) mass is 443 g/mol. The molecule has 1 N–H and O–H groups in total. The van der Waals surface area contributed by atoms with Crippen LogP contribution in [-0.4, -0.2) is 41.7 Å². The third-order valence-electron chi connectivity index (χ3n) is 6.91. The molecule has 1 aliphatic heterocycles. The van der Waals surface area contributed by atoms with E-state index in [1.165, 1.54) is 0 Å². The van der Waals surface area contributed by atoms with Crippen molar-refractivity contribution in [2.75, 3.05) is 5.32 Å². The van der Waals surface area contributed by atoms with Crippen LogP contribution in [0.3, 0.4) is 0 Å². The summed E-state index contributed by atoms with van der Waals surface area (Å²) in [6.07, 6.45) is 6.35. The van der Waals surface area contributed by atoms with Crippen LogP contribution in [0.15, 0.2) is 47.2 Å². The summed E-state index contributed by atoms with van der Waals surface area (Å²) in [7, 11) is 0. The van der Waals surface area contributed by atoms with E-state index in [1.54, 1.807) is 17.6 Å². The van der Waals surface area contributed by atoms with E-state index in [4.69, 9.17) is 4.52 Å². The van der Waals surface area contributed by atoms with Crippen LogP contribution in [0.25, 0.3) is 16.9 Å². The Labute approximate surface area is 190 Å². The van der Waals surface area contributed by atoms with Crippen LogP contribution >= 0.6 is 0 Å². The fraction of sp³-hybridized carbons (Fsp3) is 0.375. The number of fused-ring (bicyclic) bond motifs is 3. The van der Waals surface area contributed by atoms with Crippen LogP contribution in [0.4, 0.5) is 10.5 Å². The Bertz CT molecular complexity index is 1380. The van der Waals surface area contributed by atoms with Crippen LogP contribution in [0.2, 0.25) is 0 Å². The Balaban J connectivity index is 1.30. The van der Waals surface area contributed by atoms with Gasteiger partial charge >= 0.3 is 6.03 Å². The van der Waals surface area contributed by atoms with Crippen molar-refractivity contribution in [3.63, 3.8) is 0 Å². The number of urea groups is 1. The van der Waals surface area contributed by atoms with Gasteiger partial charge in [-0.3, -0.25) is 0 Å². The maximum atomic E-state index is 13.5. The van der Waals surface area contributed by atoms with Crippen molar-refractivity contribution < 1.29 is 9.32 Å². The summed E-state index contributed by atoms with van der Waals surface area (Å²) >= 11 is 0. The summed E-state index contributed by atoms with van der Waals surface area (Å²) < 4.78 is 7.34. The van der Waals surface area contributed by atoms with E-state index in [1.807, 2.05) is 48.4 Å². The minimum atomic E-state index is -0.524. The number of amides is 2. The lowest BCUT2D eigenvalue weighted by Gasteiger charge is -2.61. The largest absolute Gasteiger partial charge is 0.337 e. The maximum absolute atomic E-state index is 13.5. The maximum Gasteiger partial charge on any atom is 0.323 e. The Morgan fingerprint density at radius 1 is 1.24 bits per heavy atom. The number of nitrogens with one attached hydrogen (secondary N) is 1. The summed E-state index contributed by atoms with van der Waals surface area (Å²) in [5, 5.41) is 11.7. The van der Waals surface area contributed by atoms with Gasteiger partial charge in [-0.25, -0.2) is 14.3 Å². The molecule has 3 atom stereocenters. The van der Waals surface area contributed by atoms with Gasteiger partial charge in [0, 0.05) is 29.9 Å². The molecule has 2 amide bonds. The van der Waals surface area contributed by atoms with Crippen LogP contribution in [0, 0.1) is 19.8 Å². The highest BCUT2D eigenvalue weighted by Gasteiger charge is 2.62. The van der Waals surface area contributed by atoms with Gasteiger partial charge in [0.25, 0.3) is 5.89 Å². The Hall–Kier alpha value is -3.75. The van der Waals surface area contributed by atoms with Crippen molar-refractivity contribution in [2.24, 2.45) is 5.92 Å². The SMILES string of the molecule is Cc1noc(C23CC(C)CC(C2)N3C(=O)Nc2ccc(C)c(-c3ncc4cccn4n3)c2)n1. The van der Waals surface area contributed by atoms with Crippen molar-refractivity contribution >= 4 is 17.2 Å². The fourth-order valence-corrected chi connectivity index (χ4v) is 5.52. The van der Waals surface area contributed by atoms with E-state index in [9.17, 15) is 4.79 Å².